The van der Waals surface area contributed by atoms with Gasteiger partial charge >= 0.3 is 0 Å². The Morgan fingerprint density at radius 2 is 0.796 bits per heavy atom. The zero-order chi connectivity index (χ0) is 35.3. The molecule has 12 aromatic rings. The van der Waals surface area contributed by atoms with E-state index in [9.17, 15) is 0 Å². The van der Waals surface area contributed by atoms with E-state index in [0.717, 1.165) is 0 Å². The molecule has 0 spiro atoms. The van der Waals surface area contributed by atoms with Gasteiger partial charge in [-0.25, -0.2) is 0 Å². The van der Waals surface area contributed by atoms with Crippen LogP contribution in [0.15, 0.2) is 182 Å². The average molecular weight is 719 g/mol. The molecule has 0 aliphatic heterocycles. The van der Waals surface area contributed by atoms with Crippen LogP contribution in [0.5, 0.6) is 0 Å². The minimum absolute atomic E-state index is 1.23. The van der Waals surface area contributed by atoms with Gasteiger partial charge in [0.05, 0.1) is 0 Å². The molecular formula is C52H30S2. The fraction of sp³-hybridized carbons (Fsp3) is 0. The molecule has 2 heterocycles. The number of hydrogen-bond acceptors (Lipinski definition) is 2. The van der Waals surface area contributed by atoms with Gasteiger partial charge < -0.3 is 0 Å². The summed E-state index contributed by atoms with van der Waals surface area (Å²) in [6.45, 7) is 0. The Hall–Kier alpha value is -6.32. The quantitative estimate of drug-likeness (QED) is 0.160. The van der Waals surface area contributed by atoms with Gasteiger partial charge in [0.1, 0.15) is 0 Å². The molecule has 12 rings (SSSR count). The van der Waals surface area contributed by atoms with Crippen LogP contribution < -0.4 is 0 Å². The Kier molecular flexibility index (Phi) is 6.48. The summed E-state index contributed by atoms with van der Waals surface area (Å²) in [5.74, 6) is 0. The van der Waals surface area contributed by atoms with Gasteiger partial charge in [-0.15, -0.1) is 22.7 Å². The molecule has 2 aromatic heterocycles. The third-order valence-electron chi connectivity index (χ3n) is 11.4. The molecule has 0 unspecified atom stereocenters. The second-order valence-corrected chi connectivity index (χ2v) is 16.5. The molecule has 0 fully saturated rings. The topological polar surface area (TPSA) is 0 Å². The van der Waals surface area contributed by atoms with Gasteiger partial charge in [-0.1, -0.05) is 146 Å². The van der Waals surface area contributed by atoms with Gasteiger partial charge in [-0.05, 0) is 107 Å². The van der Waals surface area contributed by atoms with Crippen molar-refractivity contribution in [2.45, 2.75) is 0 Å². The van der Waals surface area contributed by atoms with E-state index in [1.54, 1.807) is 0 Å². The summed E-state index contributed by atoms with van der Waals surface area (Å²) in [7, 11) is 0. The molecule has 250 valence electrons. The van der Waals surface area contributed by atoms with Gasteiger partial charge in [0.15, 0.2) is 0 Å². The average Bonchev–Trinajstić information content (AvgIpc) is 3.79. The highest BCUT2D eigenvalue weighted by Gasteiger charge is 2.18. The maximum absolute atomic E-state index is 2.43. The highest BCUT2D eigenvalue weighted by atomic mass is 32.1. The SMILES string of the molecule is c1ccc2cc(-c3c4ccccc4c(-c4ccc(-c5ccc6sc7c8cc9sc%10ccccc%10c9cc8ccc7c6c5)cc4)c4ccccc34)ccc2c1. The van der Waals surface area contributed by atoms with E-state index in [4.69, 9.17) is 0 Å². The van der Waals surface area contributed by atoms with Crippen molar-refractivity contribution in [3.63, 3.8) is 0 Å². The predicted octanol–water partition coefficient (Wildman–Crippen LogP) is 16.0. The van der Waals surface area contributed by atoms with Crippen LogP contribution in [0.1, 0.15) is 0 Å². The Balaban J connectivity index is 0.981. The summed E-state index contributed by atoms with van der Waals surface area (Å²) in [6.07, 6.45) is 0. The van der Waals surface area contributed by atoms with E-state index in [-0.39, 0.29) is 0 Å². The van der Waals surface area contributed by atoms with Gasteiger partial charge in [0, 0.05) is 45.7 Å². The van der Waals surface area contributed by atoms with Crippen molar-refractivity contribution in [2.24, 2.45) is 0 Å². The van der Waals surface area contributed by atoms with Crippen molar-refractivity contribution in [3.8, 4) is 33.4 Å². The molecule has 0 saturated heterocycles. The maximum Gasteiger partial charge on any atom is 0.0434 e. The molecule has 0 aliphatic carbocycles. The molecule has 0 radical (unpaired) electrons. The first kappa shape index (κ1) is 30.2. The molecule has 54 heavy (non-hydrogen) atoms. The molecule has 0 bridgehead atoms. The van der Waals surface area contributed by atoms with Crippen molar-refractivity contribution in [1.29, 1.82) is 0 Å². The second-order valence-electron chi connectivity index (χ2n) is 14.4. The van der Waals surface area contributed by atoms with Gasteiger partial charge in [0.2, 0.25) is 0 Å². The standard InChI is InChI=1S/C52H30S2/c1-2-10-34-27-37(22-19-31(34)9-1)51-41-14-5-3-12-39(41)50(40-13-4-6-15-42(40)51)33-20-17-32(18-21-33)35-24-26-48-46(28-35)43-25-23-36-29-45-38-11-7-8-16-47(38)53-49(45)30-44(36)52(43)54-48/h1-30H. The highest BCUT2D eigenvalue weighted by Crippen LogP contribution is 2.46. The lowest BCUT2D eigenvalue weighted by Gasteiger charge is -2.18. The molecular weight excluding hydrogens is 689 g/mol. The summed E-state index contributed by atoms with van der Waals surface area (Å²) in [6, 6.07) is 67.9. The zero-order valence-corrected chi connectivity index (χ0v) is 30.8. The van der Waals surface area contributed by atoms with E-state index in [1.165, 1.54) is 117 Å². The smallest absolute Gasteiger partial charge is 0.0434 e. The third kappa shape index (κ3) is 4.48. The molecule has 0 nitrogen and oxygen atoms in total. The highest BCUT2D eigenvalue weighted by molar-refractivity contribution is 7.27. The Morgan fingerprint density at radius 1 is 0.241 bits per heavy atom. The minimum Gasteiger partial charge on any atom is -0.135 e. The Labute approximate surface area is 319 Å². The van der Waals surface area contributed by atoms with Gasteiger partial charge in [-0.2, -0.15) is 0 Å². The van der Waals surface area contributed by atoms with E-state index in [1.807, 2.05) is 22.7 Å². The third-order valence-corrected chi connectivity index (χ3v) is 13.8. The number of hydrogen-bond donors (Lipinski definition) is 0. The van der Waals surface area contributed by atoms with E-state index in [0.29, 0.717) is 0 Å². The lowest BCUT2D eigenvalue weighted by Crippen LogP contribution is -1.91. The van der Waals surface area contributed by atoms with Crippen LogP contribution in [0, 0.1) is 0 Å². The normalized spacial score (nSPS) is 12.1. The van der Waals surface area contributed by atoms with Crippen molar-refractivity contribution in [2.75, 3.05) is 0 Å². The van der Waals surface area contributed by atoms with Crippen molar-refractivity contribution in [3.05, 3.63) is 182 Å². The fourth-order valence-electron chi connectivity index (χ4n) is 8.88. The number of benzene rings is 10. The molecule has 0 aliphatic rings. The largest absolute Gasteiger partial charge is 0.135 e. The minimum atomic E-state index is 1.23. The lowest BCUT2D eigenvalue weighted by atomic mass is 9.85. The summed E-state index contributed by atoms with van der Waals surface area (Å²) in [5.41, 5.74) is 7.54. The Morgan fingerprint density at radius 3 is 1.56 bits per heavy atom. The van der Waals surface area contributed by atoms with Crippen LogP contribution in [0.4, 0.5) is 0 Å². The number of fused-ring (bicyclic) bond motifs is 11. The van der Waals surface area contributed by atoms with Crippen LogP contribution in [0.3, 0.4) is 0 Å². The van der Waals surface area contributed by atoms with Crippen LogP contribution >= 0.6 is 22.7 Å². The summed E-state index contributed by atoms with van der Waals surface area (Å²) in [4.78, 5) is 0. The van der Waals surface area contributed by atoms with E-state index >= 15 is 0 Å². The first-order valence-corrected chi connectivity index (χ1v) is 20.1. The van der Waals surface area contributed by atoms with Gasteiger partial charge in [-0.3, -0.25) is 0 Å². The molecule has 0 atom stereocenters. The maximum atomic E-state index is 2.43. The van der Waals surface area contributed by atoms with Crippen molar-refractivity contribution >= 4 is 106 Å². The molecule has 2 heteroatoms. The summed E-state index contributed by atoms with van der Waals surface area (Å²) < 4.78 is 5.42. The molecule has 0 saturated carbocycles. The molecule has 0 amide bonds. The fourth-order valence-corrected chi connectivity index (χ4v) is 11.2. The zero-order valence-electron chi connectivity index (χ0n) is 29.1. The van der Waals surface area contributed by atoms with Crippen LogP contribution in [-0.4, -0.2) is 0 Å². The Bertz CT molecular complexity index is 3430. The molecule has 0 N–H and O–H groups in total. The lowest BCUT2D eigenvalue weighted by molar-refractivity contribution is 1.63. The van der Waals surface area contributed by atoms with Crippen LogP contribution in [0.25, 0.3) is 117 Å². The van der Waals surface area contributed by atoms with Crippen LogP contribution in [-0.2, 0) is 0 Å². The molecule has 10 aromatic carbocycles. The predicted molar refractivity (Wildman–Crippen MR) is 239 cm³/mol. The number of rotatable bonds is 3. The van der Waals surface area contributed by atoms with Crippen LogP contribution in [0.2, 0.25) is 0 Å². The van der Waals surface area contributed by atoms with E-state index in [2.05, 4.69) is 182 Å². The summed E-state index contributed by atoms with van der Waals surface area (Å²) in [5, 5.41) is 15.7. The van der Waals surface area contributed by atoms with Gasteiger partial charge in [0.25, 0.3) is 0 Å². The first-order chi connectivity index (χ1) is 26.7. The monoisotopic (exact) mass is 718 g/mol. The second kappa shape index (κ2) is 11.6. The number of thiophene rings is 2. The first-order valence-electron chi connectivity index (χ1n) is 18.5. The summed E-state index contributed by atoms with van der Waals surface area (Å²) >= 11 is 3.81. The van der Waals surface area contributed by atoms with Crippen molar-refractivity contribution < 1.29 is 0 Å². The van der Waals surface area contributed by atoms with Crippen molar-refractivity contribution in [1.82, 2.24) is 0 Å². The van der Waals surface area contributed by atoms with E-state index < -0.39 is 0 Å².